The van der Waals surface area contributed by atoms with E-state index in [0.717, 1.165) is 5.56 Å². The van der Waals surface area contributed by atoms with Crippen LogP contribution in [0, 0.1) is 0 Å². The zero-order valence-corrected chi connectivity index (χ0v) is 10.7. The second-order valence-corrected chi connectivity index (χ2v) is 3.96. The molecule has 0 aliphatic rings. The summed E-state index contributed by atoms with van der Waals surface area (Å²) >= 11 is 0. The van der Waals surface area contributed by atoms with Crippen LogP contribution in [-0.4, -0.2) is 28.0 Å². The fourth-order valence-corrected chi connectivity index (χ4v) is 1.72. The van der Waals surface area contributed by atoms with Crippen LogP contribution >= 0.6 is 0 Å². The first-order chi connectivity index (χ1) is 9.35. The van der Waals surface area contributed by atoms with E-state index >= 15 is 0 Å². The number of anilines is 1. The van der Waals surface area contributed by atoms with Crippen molar-refractivity contribution >= 4 is 5.95 Å². The molecule has 2 rings (SSSR count). The van der Waals surface area contributed by atoms with Crippen LogP contribution in [0.2, 0.25) is 0 Å². The Balaban J connectivity index is 2.32. The van der Waals surface area contributed by atoms with Crippen molar-refractivity contribution in [2.75, 3.05) is 18.0 Å². The largest absolute Gasteiger partial charge is 0.333 e. The van der Waals surface area contributed by atoms with E-state index in [-0.39, 0.29) is 0 Å². The molecule has 0 saturated heterocycles. The molecule has 0 N–H and O–H groups in total. The first-order valence-electron chi connectivity index (χ1n) is 6.06. The molecule has 0 bridgehead atoms. The lowest BCUT2D eigenvalue weighted by Gasteiger charge is -2.18. The van der Waals surface area contributed by atoms with Crippen LogP contribution in [0.25, 0.3) is 11.4 Å². The van der Waals surface area contributed by atoms with E-state index in [1.54, 1.807) is 0 Å². The van der Waals surface area contributed by atoms with E-state index in [0.29, 0.717) is 24.9 Å². The Bertz CT molecular complexity index is 541. The lowest BCUT2D eigenvalue weighted by molar-refractivity contribution is 0.875. The number of rotatable bonds is 6. The number of hydrogen-bond donors (Lipinski definition) is 0. The van der Waals surface area contributed by atoms with Gasteiger partial charge in [-0.15, -0.1) is 13.2 Å². The van der Waals surface area contributed by atoms with Gasteiger partial charge in [0.1, 0.15) is 6.33 Å². The number of aromatic nitrogens is 3. The van der Waals surface area contributed by atoms with Crippen LogP contribution in [0.5, 0.6) is 0 Å². The van der Waals surface area contributed by atoms with Gasteiger partial charge >= 0.3 is 0 Å². The quantitative estimate of drug-likeness (QED) is 0.741. The van der Waals surface area contributed by atoms with Crippen molar-refractivity contribution in [3.63, 3.8) is 0 Å². The van der Waals surface area contributed by atoms with Gasteiger partial charge in [-0.1, -0.05) is 42.5 Å². The van der Waals surface area contributed by atoms with Crippen LogP contribution in [0.1, 0.15) is 0 Å². The van der Waals surface area contributed by atoms with Gasteiger partial charge in [0.2, 0.25) is 5.95 Å². The van der Waals surface area contributed by atoms with Gasteiger partial charge in [0.15, 0.2) is 5.82 Å². The van der Waals surface area contributed by atoms with Crippen LogP contribution in [0.4, 0.5) is 5.95 Å². The maximum atomic E-state index is 4.49. The maximum absolute atomic E-state index is 4.49. The van der Waals surface area contributed by atoms with Gasteiger partial charge in [0, 0.05) is 18.7 Å². The molecular formula is C15H16N4. The zero-order chi connectivity index (χ0) is 13.5. The van der Waals surface area contributed by atoms with Crippen LogP contribution < -0.4 is 4.90 Å². The molecule has 0 amide bonds. The fraction of sp³-hybridized carbons (Fsp3) is 0.133. The average Bonchev–Trinajstić information content (AvgIpc) is 2.48. The van der Waals surface area contributed by atoms with Crippen molar-refractivity contribution < 1.29 is 0 Å². The number of benzene rings is 1. The Hall–Kier alpha value is -2.49. The third-order valence-electron chi connectivity index (χ3n) is 2.57. The molecule has 0 saturated carbocycles. The lowest BCUT2D eigenvalue weighted by atomic mass is 10.2. The molecular weight excluding hydrogens is 236 g/mol. The predicted molar refractivity (Wildman–Crippen MR) is 77.9 cm³/mol. The Labute approximate surface area is 113 Å². The van der Waals surface area contributed by atoms with Crippen molar-refractivity contribution in [2.45, 2.75) is 0 Å². The van der Waals surface area contributed by atoms with Gasteiger partial charge in [-0.05, 0) is 0 Å². The van der Waals surface area contributed by atoms with E-state index in [1.165, 1.54) is 6.33 Å². The summed E-state index contributed by atoms with van der Waals surface area (Å²) in [6, 6.07) is 9.84. The monoisotopic (exact) mass is 252 g/mol. The highest BCUT2D eigenvalue weighted by Crippen LogP contribution is 2.15. The van der Waals surface area contributed by atoms with Gasteiger partial charge in [0.05, 0.1) is 0 Å². The van der Waals surface area contributed by atoms with Gasteiger partial charge in [-0.3, -0.25) is 0 Å². The van der Waals surface area contributed by atoms with Gasteiger partial charge in [-0.25, -0.2) is 9.97 Å². The lowest BCUT2D eigenvalue weighted by Crippen LogP contribution is -2.25. The molecule has 4 nitrogen and oxygen atoms in total. The normalized spacial score (nSPS) is 9.89. The summed E-state index contributed by atoms with van der Waals surface area (Å²) in [6.45, 7) is 8.83. The van der Waals surface area contributed by atoms with Gasteiger partial charge in [0.25, 0.3) is 0 Å². The summed E-state index contributed by atoms with van der Waals surface area (Å²) in [4.78, 5) is 14.9. The van der Waals surface area contributed by atoms with E-state index in [9.17, 15) is 0 Å². The molecule has 0 aliphatic carbocycles. The Morgan fingerprint density at radius 2 is 1.68 bits per heavy atom. The van der Waals surface area contributed by atoms with Crippen molar-refractivity contribution in [2.24, 2.45) is 0 Å². The summed E-state index contributed by atoms with van der Waals surface area (Å²) < 4.78 is 0. The molecule has 4 heteroatoms. The van der Waals surface area contributed by atoms with Gasteiger partial charge in [-0.2, -0.15) is 4.98 Å². The second-order valence-electron chi connectivity index (χ2n) is 3.96. The predicted octanol–water partition coefficient (Wildman–Crippen LogP) is 2.72. The van der Waals surface area contributed by atoms with E-state index < -0.39 is 0 Å². The molecule has 0 fully saturated rings. The minimum atomic E-state index is 0.633. The molecule has 1 heterocycles. The Morgan fingerprint density at radius 3 is 2.32 bits per heavy atom. The van der Waals surface area contributed by atoms with Gasteiger partial charge < -0.3 is 4.90 Å². The summed E-state index contributed by atoms with van der Waals surface area (Å²) in [7, 11) is 0. The van der Waals surface area contributed by atoms with Crippen LogP contribution in [0.3, 0.4) is 0 Å². The van der Waals surface area contributed by atoms with E-state index in [1.807, 2.05) is 47.4 Å². The molecule has 0 spiro atoms. The Morgan fingerprint density at radius 1 is 1.00 bits per heavy atom. The molecule has 1 aromatic carbocycles. The summed E-state index contributed by atoms with van der Waals surface area (Å²) in [5.74, 6) is 1.30. The standard InChI is InChI=1S/C15H16N4/c1-3-10-19(11-4-2)15-17-12-16-14(18-15)13-8-6-5-7-9-13/h3-9,12H,1-2,10-11H2. The highest BCUT2D eigenvalue weighted by Gasteiger charge is 2.08. The topological polar surface area (TPSA) is 41.9 Å². The number of nitrogens with zero attached hydrogens (tertiary/aromatic N) is 4. The molecule has 0 radical (unpaired) electrons. The Kier molecular flexibility index (Phi) is 4.39. The molecule has 96 valence electrons. The molecule has 0 aliphatic heterocycles. The van der Waals surface area contributed by atoms with Crippen LogP contribution in [-0.2, 0) is 0 Å². The number of hydrogen-bond acceptors (Lipinski definition) is 4. The first kappa shape index (κ1) is 13.0. The van der Waals surface area contributed by atoms with E-state index in [2.05, 4.69) is 28.1 Å². The molecule has 1 aromatic heterocycles. The summed E-state index contributed by atoms with van der Waals surface area (Å²) in [6.07, 6.45) is 5.16. The minimum absolute atomic E-state index is 0.633. The third kappa shape index (κ3) is 3.25. The molecule has 0 unspecified atom stereocenters. The minimum Gasteiger partial charge on any atom is -0.333 e. The van der Waals surface area contributed by atoms with Crippen molar-refractivity contribution in [3.05, 3.63) is 62.0 Å². The van der Waals surface area contributed by atoms with Crippen molar-refractivity contribution in [1.82, 2.24) is 15.0 Å². The summed E-state index contributed by atoms with van der Waals surface area (Å²) in [5.41, 5.74) is 0.975. The molecule has 19 heavy (non-hydrogen) atoms. The smallest absolute Gasteiger partial charge is 0.229 e. The van der Waals surface area contributed by atoms with Crippen molar-refractivity contribution in [1.29, 1.82) is 0 Å². The fourth-order valence-electron chi connectivity index (χ4n) is 1.72. The highest BCUT2D eigenvalue weighted by atomic mass is 15.3. The SMILES string of the molecule is C=CCN(CC=C)c1ncnc(-c2ccccc2)n1. The average molecular weight is 252 g/mol. The second kappa shape index (κ2) is 6.44. The van der Waals surface area contributed by atoms with E-state index in [4.69, 9.17) is 0 Å². The first-order valence-corrected chi connectivity index (χ1v) is 6.06. The van der Waals surface area contributed by atoms with Crippen molar-refractivity contribution in [3.8, 4) is 11.4 Å². The zero-order valence-electron chi connectivity index (χ0n) is 10.7. The van der Waals surface area contributed by atoms with Crippen LogP contribution in [0.15, 0.2) is 62.0 Å². The summed E-state index contributed by atoms with van der Waals surface area (Å²) in [5, 5.41) is 0. The third-order valence-corrected chi connectivity index (χ3v) is 2.57. The molecule has 2 aromatic rings. The highest BCUT2D eigenvalue weighted by molar-refractivity contribution is 5.55. The maximum Gasteiger partial charge on any atom is 0.229 e. The molecule has 0 atom stereocenters.